The molecule has 0 amide bonds. The molecule has 1 fully saturated rings. The van der Waals surface area contributed by atoms with Crippen LogP contribution >= 0.6 is 0 Å². The van der Waals surface area contributed by atoms with E-state index in [0.717, 1.165) is 51.3 Å². The van der Waals surface area contributed by atoms with Crippen LogP contribution in [0.2, 0.25) is 0 Å². The number of aromatic nitrogens is 1. The largest absolute Gasteiger partial charge is 0.426 e. The van der Waals surface area contributed by atoms with Gasteiger partial charge in [0.25, 0.3) is 0 Å². The van der Waals surface area contributed by atoms with Gasteiger partial charge in [0.05, 0.1) is 5.69 Å². The fourth-order valence-electron chi connectivity index (χ4n) is 4.83. The molecular formula is C29H31N3O3. The predicted octanol–water partition coefficient (Wildman–Crippen LogP) is 5.41. The summed E-state index contributed by atoms with van der Waals surface area (Å²) in [4.78, 5) is 29.8. The lowest BCUT2D eigenvalue weighted by Crippen LogP contribution is -2.46. The minimum Gasteiger partial charge on any atom is -0.405 e. The number of carbonyl (C=O) groups is 1. The highest BCUT2D eigenvalue weighted by Gasteiger charge is 2.23. The van der Waals surface area contributed by atoms with Gasteiger partial charge in [0.2, 0.25) is 5.91 Å². The van der Waals surface area contributed by atoms with E-state index in [2.05, 4.69) is 58.3 Å². The van der Waals surface area contributed by atoms with E-state index in [1.807, 2.05) is 25.1 Å². The number of nitrogens with zero attached hydrogens (tertiary/aromatic N) is 3. The third-order valence-electron chi connectivity index (χ3n) is 6.73. The van der Waals surface area contributed by atoms with Gasteiger partial charge in [0, 0.05) is 39.1 Å². The van der Waals surface area contributed by atoms with E-state index in [9.17, 15) is 9.59 Å². The second-order valence-corrected chi connectivity index (χ2v) is 9.16. The molecule has 0 saturated carbocycles. The Labute approximate surface area is 205 Å². The van der Waals surface area contributed by atoms with Crippen LogP contribution in [0.15, 0.2) is 82.0 Å². The molecule has 0 N–H and O–H groups in total. The Bertz CT molecular complexity index is 1360. The summed E-state index contributed by atoms with van der Waals surface area (Å²) in [6.07, 6.45) is 2.01. The third-order valence-corrected chi connectivity index (χ3v) is 6.73. The van der Waals surface area contributed by atoms with E-state index in [0.29, 0.717) is 17.5 Å². The van der Waals surface area contributed by atoms with E-state index >= 15 is 0 Å². The first-order valence-corrected chi connectivity index (χ1v) is 12.4. The molecule has 0 unspecified atom stereocenters. The van der Waals surface area contributed by atoms with Crippen molar-refractivity contribution in [3.05, 3.63) is 88.9 Å². The molecule has 35 heavy (non-hydrogen) atoms. The summed E-state index contributed by atoms with van der Waals surface area (Å²) >= 11 is 0. The number of benzene rings is 3. The molecule has 1 aliphatic rings. The normalized spacial score (nSPS) is 14.5. The van der Waals surface area contributed by atoms with Crippen molar-refractivity contribution in [1.29, 1.82) is 0 Å². The van der Waals surface area contributed by atoms with E-state index in [-0.39, 0.29) is 5.91 Å². The summed E-state index contributed by atoms with van der Waals surface area (Å²) in [6, 6.07) is 24.9. The highest BCUT2D eigenvalue weighted by Crippen LogP contribution is 2.28. The number of unbranched alkanes of at least 4 members (excludes halogenated alkanes) is 1. The molecule has 0 bridgehead atoms. The van der Waals surface area contributed by atoms with Crippen molar-refractivity contribution in [2.75, 3.05) is 31.1 Å². The quantitative estimate of drug-likeness (QED) is 0.362. The standard InChI is InChI=1S/C29H31N3O3/c1-2-3-15-27(33)32-26-14-8-13-25(28(26)35-29(32)34)31-18-16-30(17-19-31)21-22-9-7-12-24(20-22)23-10-5-4-6-11-23/h4-14,20H,2-3,15-19,21H2,1H3. The van der Waals surface area contributed by atoms with Gasteiger partial charge in [-0.2, -0.15) is 0 Å². The van der Waals surface area contributed by atoms with Gasteiger partial charge in [-0.3, -0.25) is 9.69 Å². The molecular weight excluding hydrogens is 438 g/mol. The lowest BCUT2D eigenvalue weighted by Gasteiger charge is -2.36. The second-order valence-electron chi connectivity index (χ2n) is 9.16. The second kappa shape index (κ2) is 10.3. The maximum Gasteiger partial charge on any atom is 0.426 e. The Morgan fingerprint density at radius 1 is 0.886 bits per heavy atom. The molecule has 6 heteroatoms. The molecule has 6 nitrogen and oxygen atoms in total. The van der Waals surface area contributed by atoms with Crippen molar-refractivity contribution in [3.63, 3.8) is 0 Å². The van der Waals surface area contributed by atoms with Crippen LogP contribution < -0.4 is 10.7 Å². The fourth-order valence-corrected chi connectivity index (χ4v) is 4.83. The lowest BCUT2D eigenvalue weighted by atomic mass is 10.0. The average molecular weight is 470 g/mol. The molecule has 180 valence electrons. The number of anilines is 1. The first-order valence-electron chi connectivity index (χ1n) is 12.4. The molecule has 1 aromatic heterocycles. The molecule has 0 spiro atoms. The van der Waals surface area contributed by atoms with Crippen LogP contribution in [0.4, 0.5) is 5.69 Å². The van der Waals surface area contributed by atoms with Crippen molar-refractivity contribution in [1.82, 2.24) is 9.47 Å². The summed E-state index contributed by atoms with van der Waals surface area (Å²) in [6.45, 7) is 6.41. The van der Waals surface area contributed by atoms with Gasteiger partial charge in [-0.05, 0) is 41.3 Å². The number of fused-ring (bicyclic) bond motifs is 1. The molecule has 3 aromatic carbocycles. The molecule has 5 rings (SSSR count). The molecule has 2 heterocycles. The zero-order valence-electron chi connectivity index (χ0n) is 20.2. The van der Waals surface area contributed by atoms with Gasteiger partial charge < -0.3 is 9.32 Å². The van der Waals surface area contributed by atoms with Crippen molar-refractivity contribution < 1.29 is 9.21 Å². The van der Waals surface area contributed by atoms with Gasteiger partial charge in [-0.1, -0.05) is 67.9 Å². The SMILES string of the molecule is CCCCC(=O)n1c(=O)oc2c(N3CCN(Cc4cccc(-c5ccccc5)c4)CC3)cccc21. The van der Waals surface area contributed by atoms with Crippen LogP contribution in [-0.4, -0.2) is 41.6 Å². The van der Waals surface area contributed by atoms with Crippen LogP contribution in [-0.2, 0) is 6.54 Å². The van der Waals surface area contributed by atoms with Gasteiger partial charge >= 0.3 is 5.76 Å². The first-order chi connectivity index (χ1) is 17.1. The topological polar surface area (TPSA) is 58.7 Å². The number of oxazole rings is 1. The van der Waals surface area contributed by atoms with E-state index in [4.69, 9.17) is 4.42 Å². The zero-order valence-corrected chi connectivity index (χ0v) is 20.2. The Morgan fingerprint density at radius 2 is 1.63 bits per heavy atom. The van der Waals surface area contributed by atoms with Crippen LogP contribution in [0.3, 0.4) is 0 Å². The summed E-state index contributed by atoms with van der Waals surface area (Å²) in [5.41, 5.74) is 5.72. The number of piperazine rings is 1. The molecule has 0 radical (unpaired) electrons. The van der Waals surface area contributed by atoms with Crippen LogP contribution in [0.1, 0.15) is 36.5 Å². The molecule has 0 atom stereocenters. The maximum atomic E-state index is 12.6. The maximum absolute atomic E-state index is 12.6. The Balaban J connectivity index is 1.28. The number of rotatable bonds is 7. The zero-order chi connectivity index (χ0) is 24.2. The van der Waals surface area contributed by atoms with Crippen molar-refractivity contribution >= 4 is 22.7 Å². The lowest BCUT2D eigenvalue weighted by molar-refractivity contribution is 0.0896. The monoisotopic (exact) mass is 469 g/mol. The Kier molecular flexibility index (Phi) is 6.82. The van der Waals surface area contributed by atoms with E-state index < -0.39 is 5.76 Å². The minimum absolute atomic E-state index is 0.199. The summed E-state index contributed by atoms with van der Waals surface area (Å²) in [7, 11) is 0. The van der Waals surface area contributed by atoms with Crippen molar-refractivity contribution in [3.8, 4) is 11.1 Å². The Hall–Kier alpha value is -3.64. The van der Waals surface area contributed by atoms with E-state index in [1.54, 1.807) is 6.07 Å². The smallest absolute Gasteiger partial charge is 0.405 e. The number of carbonyl (C=O) groups excluding carboxylic acids is 1. The summed E-state index contributed by atoms with van der Waals surface area (Å²) in [5.74, 6) is -0.791. The van der Waals surface area contributed by atoms with E-state index in [1.165, 1.54) is 21.3 Å². The number of hydrogen-bond acceptors (Lipinski definition) is 5. The summed E-state index contributed by atoms with van der Waals surface area (Å²) < 4.78 is 6.79. The fraction of sp³-hybridized carbons (Fsp3) is 0.310. The third kappa shape index (κ3) is 4.93. The minimum atomic E-state index is -0.592. The highest BCUT2D eigenvalue weighted by molar-refractivity contribution is 5.94. The van der Waals surface area contributed by atoms with Crippen molar-refractivity contribution in [2.24, 2.45) is 0 Å². The average Bonchev–Trinajstić information content (AvgIpc) is 3.24. The van der Waals surface area contributed by atoms with Crippen molar-refractivity contribution in [2.45, 2.75) is 32.7 Å². The molecule has 1 aliphatic heterocycles. The van der Waals surface area contributed by atoms with Gasteiger partial charge in [0.1, 0.15) is 5.52 Å². The molecule has 4 aromatic rings. The highest BCUT2D eigenvalue weighted by atomic mass is 16.4. The number of para-hydroxylation sites is 1. The Morgan fingerprint density at radius 3 is 2.40 bits per heavy atom. The molecule has 0 aliphatic carbocycles. The number of hydrogen-bond donors (Lipinski definition) is 0. The van der Waals surface area contributed by atoms with Crippen LogP contribution in [0.5, 0.6) is 0 Å². The summed E-state index contributed by atoms with van der Waals surface area (Å²) in [5, 5.41) is 0. The first kappa shape index (κ1) is 23.1. The van der Waals surface area contributed by atoms with Crippen LogP contribution in [0, 0.1) is 0 Å². The van der Waals surface area contributed by atoms with Crippen LogP contribution in [0.25, 0.3) is 22.2 Å². The molecule has 1 saturated heterocycles. The predicted molar refractivity (Wildman–Crippen MR) is 140 cm³/mol. The van der Waals surface area contributed by atoms with Gasteiger partial charge in [-0.15, -0.1) is 0 Å². The van der Waals surface area contributed by atoms with Gasteiger partial charge in [-0.25, -0.2) is 9.36 Å². The van der Waals surface area contributed by atoms with Gasteiger partial charge in [0.15, 0.2) is 5.58 Å².